The summed E-state index contributed by atoms with van der Waals surface area (Å²) < 4.78 is 137. The quantitative estimate of drug-likeness (QED) is 0.203. The molecule has 0 spiro atoms. The zero-order valence-electron chi connectivity index (χ0n) is 16.2. The standard InChI is InChI=1S/4H3O4P.12O.6U/c4*1-5(2,3)4;;;;;;;;;;;;;;;;;;/h4*(H3,1,2,3,4);;;;;;;;;;;;;;;;;;/q;;;;;;;;;;;;;;;;6*+2/p-12. The van der Waals surface area contributed by atoms with Gasteiger partial charge >= 0.3 is 194 Å². The van der Waals surface area contributed by atoms with Gasteiger partial charge in [-0.05, 0) is 0 Å². The summed E-state index contributed by atoms with van der Waals surface area (Å²) in [7, 11) is -21.6. The van der Waals surface area contributed by atoms with Crippen molar-refractivity contribution < 1.29 is 271 Å². The fraction of sp³-hybridized carbons (Fsp3) is 0. The second-order valence-corrected chi connectivity index (χ2v) is 10.0. The van der Waals surface area contributed by atoms with E-state index in [1.54, 1.807) is 0 Å². The van der Waals surface area contributed by atoms with Gasteiger partial charge in [-0.15, -0.1) is 0 Å². The predicted octanol–water partition coefficient (Wildman–Crippen LogP) is -12.7. The fourth-order valence-corrected chi connectivity index (χ4v) is 0. The van der Waals surface area contributed by atoms with Crippen LogP contribution in [0.4, 0.5) is 0 Å². The Morgan fingerprint density at radius 2 is 0.237 bits per heavy atom. The van der Waals surface area contributed by atoms with Gasteiger partial charge in [-0.2, -0.15) is 31.3 Å². The van der Waals surface area contributed by atoms with Crippen LogP contribution in [0.1, 0.15) is 0 Å². The van der Waals surface area contributed by atoms with Crippen LogP contribution >= 0.6 is 31.3 Å². The van der Waals surface area contributed by atoms with Crippen LogP contribution in [-0.4, -0.2) is 0 Å². The first-order valence-corrected chi connectivity index (χ1v) is 31.6. The van der Waals surface area contributed by atoms with Crippen molar-refractivity contribution in [2.45, 2.75) is 0 Å². The number of phosphoric acid groups is 4. The summed E-state index contributed by atoms with van der Waals surface area (Å²) in [4.78, 5) is 103. The zero-order valence-corrected chi connectivity index (χ0v) is 44.8. The van der Waals surface area contributed by atoms with Crippen LogP contribution in [0.5, 0.6) is 0 Å². The summed E-state index contributed by atoms with van der Waals surface area (Å²) in [6, 6.07) is 0. The molecule has 0 aromatic rings. The molecule has 0 aromatic heterocycles. The molecule has 28 nitrogen and oxygen atoms in total. The average molecular weight is 2000 g/mol. The Morgan fingerprint density at radius 3 is 0.237 bits per heavy atom. The Balaban J connectivity index is -0.0000000290. The van der Waals surface area contributed by atoms with Gasteiger partial charge in [0.2, 0.25) is 0 Å². The molecule has 0 aromatic carbocycles. The van der Waals surface area contributed by atoms with Gasteiger partial charge in [-0.3, -0.25) is 0 Å². The molecule has 0 rings (SSSR count). The van der Waals surface area contributed by atoms with E-state index < -0.39 is 198 Å². The Bertz CT molecular complexity index is 677. The van der Waals surface area contributed by atoms with Crippen LogP contribution < -0.4 is 58.7 Å². The van der Waals surface area contributed by atoms with Gasteiger partial charge in [0.05, 0.1) is 0 Å². The zero-order chi connectivity index (χ0) is 34.2. The predicted molar refractivity (Wildman–Crippen MR) is 38.7 cm³/mol. The first-order chi connectivity index (χ1) is 16.5. The van der Waals surface area contributed by atoms with E-state index in [4.69, 9.17) is 104 Å². The van der Waals surface area contributed by atoms with Crippen LogP contribution in [0.25, 0.3) is 0 Å². The molecule has 0 saturated carbocycles. The van der Waals surface area contributed by atoms with Gasteiger partial charge in [-0.25, -0.2) is 0 Å². The van der Waals surface area contributed by atoms with E-state index in [0.717, 1.165) is 0 Å². The van der Waals surface area contributed by atoms with E-state index >= 15 is 0 Å². The van der Waals surface area contributed by atoms with Crippen LogP contribution in [0.15, 0.2) is 0 Å². The maximum absolute atomic E-state index is 8.58. The molecule has 0 aliphatic rings. The number of rotatable bonds is 0. The van der Waals surface area contributed by atoms with E-state index in [0.29, 0.717) is 0 Å². The van der Waals surface area contributed by atoms with Crippen LogP contribution in [0.3, 0.4) is 0 Å². The molecule has 0 aliphatic carbocycles. The summed E-state index contributed by atoms with van der Waals surface area (Å²) in [5.74, 6) is 0. The van der Waals surface area contributed by atoms with Crippen LogP contribution in [0, 0.1) is 167 Å². The molecule has 0 bridgehead atoms. The summed E-state index contributed by atoms with van der Waals surface area (Å²) in [6.45, 7) is 0. The third-order valence-electron chi connectivity index (χ3n) is 0. The van der Waals surface area contributed by atoms with Crippen molar-refractivity contribution in [3.8, 4) is 0 Å². The van der Waals surface area contributed by atoms with E-state index in [1.807, 2.05) is 0 Å². The second-order valence-electron chi connectivity index (χ2n) is 2.29. The van der Waals surface area contributed by atoms with Gasteiger partial charge in [0.15, 0.2) is 0 Å². The van der Waals surface area contributed by atoms with Gasteiger partial charge in [-0.1, -0.05) is 0 Å². The third-order valence-corrected chi connectivity index (χ3v) is 0. The average Bonchev–Trinajstić information content (AvgIpc) is 2.52. The number of hydrogen-bond donors (Lipinski definition) is 0. The molecule has 0 saturated heterocycles. The SMILES string of the molecule is O=P([O-])([O-])[O-].O=P([O-])([O-])[O-].O=P([O-])([O-])[O-].O=P([O-])([O-])[O-].[O]=[U+2]=[O].[O]=[U+2]=[O].[O]=[U+2]=[O].[O]=[U+2]=[O].[O]=[U+2]=[O].[O]=[U+2]=[O]. The summed E-state index contributed by atoms with van der Waals surface area (Å²) in [5.41, 5.74) is 0. The molecule has 0 radical (unpaired) electrons. The molecule has 0 N–H and O–H groups in total. The third kappa shape index (κ3) is 3300. The van der Waals surface area contributed by atoms with Crippen molar-refractivity contribution in [3.63, 3.8) is 0 Å². The van der Waals surface area contributed by atoms with Crippen LogP contribution in [-0.2, 0) is 45.1 Å². The molecular weight excluding hydrogens is 2000 g/mol. The van der Waals surface area contributed by atoms with Gasteiger partial charge in [0.1, 0.15) is 0 Å². The summed E-state index contributed by atoms with van der Waals surface area (Å²) >= 11 is -15.0. The van der Waals surface area contributed by atoms with E-state index in [1.165, 1.54) is 0 Å². The minimum atomic E-state index is -5.39. The molecule has 0 fully saturated rings. The Labute approximate surface area is 296 Å². The van der Waals surface area contributed by atoms with Crippen molar-refractivity contribution in [1.82, 2.24) is 0 Å². The van der Waals surface area contributed by atoms with Gasteiger partial charge in [0.25, 0.3) is 0 Å². The van der Waals surface area contributed by atoms with Crippen LogP contribution in [0.2, 0.25) is 0 Å². The van der Waals surface area contributed by atoms with Crippen molar-refractivity contribution in [3.05, 3.63) is 0 Å². The van der Waals surface area contributed by atoms with Gasteiger partial charge < -0.3 is 77.0 Å². The first kappa shape index (κ1) is 69.2. The Morgan fingerprint density at radius 1 is 0.237 bits per heavy atom. The molecule has 0 aliphatic heterocycles. The monoisotopic (exact) mass is 2000 g/mol. The van der Waals surface area contributed by atoms with Gasteiger partial charge in [0, 0.05) is 0 Å². The minimum absolute atomic E-state index is 2.51. The molecule has 0 atom stereocenters. The summed E-state index contributed by atoms with van der Waals surface area (Å²) in [5, 5.41) is 0. The number of hydrogen-bond acceptors (Lipinski definition) is 28. The van der Waals surface area contributed by atoms with Crippen molar-refractivity contribution in [2.24, 2.45) is 0 Å². The Hall–Kier alpha value is 4.35. The fourth-order valence-electron chi connectivity index (χ4n) is 0. The molecule has 0 heterocycles. The van der Waals surface area contributed by atoms with E-state index in [9.17, 15) is 0 Å². The molecule has 0 amide bonds. The first-order valence-electron chi connectivity index (χ1n) is 5.37. The second kappa shape index (κ2) is 57.1. The van der Waals surface area contributed by atoms with Crippen molar-refractivity contribution >= 4 is 31.3 Å². The van der Waals surface area contributed by atoms with Crippen molar-refractivity contribution in [1.29, 1.82) is 0 Å². The molecule has 0 unspecified atom stereocenters. The molecular formula is O28P4U6. The molecule has 38 heavy (non-hydrogen) atoms. The van der Waals surface area contributed by atoms with Crippen molar-refractivity contribution in [2.75, 3.05) is 0 Å². The van der Waals surface area contributed by atoms with E-state index in [-0.39, 0.29) is 0 Å². The van der Waals surface area contributed by atoms with E-state index in [2.05, 4.69) is 0 Å². The maximum atomic E-state index is 8.58. The normalized spacial score (nSPS) is 7.47. The molecule has 212 valence electrons. The topological polar surface area (TPSA) is 550 Å². The Kier molecular flexibility index (Phi) is 104. The summed E-state index contributed by atoms with van der Waals surface area (Å²) in [6.07, 6.45) is 0. The molecule has 38 heteroatoms.